The van der Waals surface area contributed by atoms with E-state index < -0.39 is 28.7 Å². The molecule has 8 fully saturated rings. The Morgan fingerprint density at radius 2 is 0.818 bits per heavy atom. The van der Waals surface area contributed by atoms with Crippen molar-refractivity contribution in [3.8, 4) is 0 Å². The Bertz CT molecular complexity index is 2770. The zero-order valence-electron chi connectivity index (χ0n) is 56.0. The van der Waals surface area contributed by atoms with Crippen LogP contribution >= 0.6 is 15.9 Å². The molecule has 0 amide bonds. The monoisotopic (exact) mass is 1290 g/mol. The topological polar surface area (TPSA) is 223 Å². The van der Waals surface area contributed by atoms with Gasteiger partial charge >= 0.3 is 23.1 Å². The van der Waals surface area contributed by atoms with Crippen LogP contribution in [0.2, 0.25) is 0 Å². The first-order valence-corrected chi connectivity index (χ1v) is 32.7. The fourth-order valence-electron chi connectivity index (χ4n) is 12.8. The second-order valence-electron chi connectivity index (χ2n) is 25.9. The SMILES string of the molecule is CC(=O)O.CC(C)c1cccc(Br)c1.CC(C)c1cccc(C2(N)CCC3(CC2)OCCO3)c1.CC(C)c1cccc(C2(N=[N+]=[N-])CCC3(CC2)OCCO3)c1.CC(C)c1cccc(C2(O)CCC3(CC2)OCCO3)c1.O=C1CCC2(CC1)OCCO2.[H-].[H-].[Mg+2]. The van der Waals surface area contributed by atoms with Crippen LogP contribution in [-0.4, -0.2) is 121 Å². The van der Waals surface area contributed by atoms with Gasteiger partial charge in [0.2, 0.25) is 0 Å². The number of carbonyl (C=O) groups is 2. The van der Waals surface area contributed by atoms with Crippen molar-refractivity contribution in [1.29, 1.82) is 0 Å². The summed E-state index contributed by atoms with van der Waals surface area (Å²) in [5.41, 5.74) is 23.1. The third-order valence-electron chi connectivity index (χ3n) is 18.5. The molecular weight excluding hydrogens is 1190 g/mol. The minimum absolute atomic E-state index is 0. The summed E-state index contributed by atoms with van der Waals surface area (Å²) in [7, 11) is 0. The molecule has 4 spiro atoms. The Morgan fingerprint density at radius 3 is 1.18 bits per heavy atom. The molecular formula is C70H101BrMgN4O12. The second-order valence-corrected chi connectivity index (χ2v) is 26.9. The predicted molar refractivity (Wildman–Crippen MR) is 349 cm³/mol. The van der Waals surface area contributed by atoms with Gasteiger partial charge in [0.1, 0.15) is 5.78 Å². The van der Waals surface area contributed by atoms with Crippen molar-refractivity contribution in [1.82, 2.24) is 0 Å². The molecule has 88 heavy (non-hydrogen) atoms. The second kappa shape index (κ2) is 33.1. The minimum Gasteiger partial charge on any atom is -1.00 e. The molecule has 0 radical (unpaired) electrons. The summed E-state index contributed by atoms with van der Waals surface area (Å²) in [5, 5.41) is 22.6. The van der Waals surface area contributed by atoms with Crippen molar-refractivity contribution in [2.45, 2.75) is 229 Å². The molecule has 4 heterocycles. The molecule has 8 aliphatic rings. The van der Waals surface area contributed by atoms with E-state index in [1.807, 2.05) is 12.1 Å². The number of nitrogens with zero attached hydrogens (tertiary/aromatic N) is 3. The van der Waals surface area contributed by atoms with Crippen LogP contribution in [0.5, 0.6) is 0 Å². The van der Waals surface area contributed by atoms with Crippen LogP contribution in [0.3, 0.4) is 0 Å². The number of ether oxygens (including phenoxy) is 8. The van der Waals surface area contributed by atoms with Crippen molar-refractivity contribution in [2.75, 3.05) is 52.9 Å². The van der Waals surface area contributed by atoms with Gasteiger partial charge in [0, 0.05) is 86.1 Å². The summed E-state index contributed by atoms with van der Waals surface area (Å²) in [6, 6.07) is 34.0. The Hall–Kier alpha value is -3.82. The molecule has 4 aromatic rings. The molecule has 16 nitrogen and oxygen atoms in total. The number of hydrogen-bond donors (Lipinski definition) is 3. The van der Waals surface area contributed by atoms with Crippen molar-refractivity contribution in [3.05, 3.63) is 151 Å². The molecule has 0 unspecified atom stereocenters. The number of benzene rings is 4. The van der Waals surface area contributed by atoms with Gasteiger partial charge in [-0.05, 0) is 119 Å². The summed E-state index contributed by atoms with van der Waals surface area (Å²) in [6.07, 6.45) is 12.4. The number of rotatable bonds is 8. The van der Waals surface area contributed by atoms with E-state index in [0.29, 0.717) is 94.8 Å². The van der Waals surface area contributed by atoms with Crippen LogP contribution in [0.1, 0.15) is 231 Å². The maximum atomic E-state index is 11.0. The van der Waals surface area contributed by atoms with Crippen molar-refractivity contribution in [3.63, 3.8) is 0 Å². The number of carboxylic acid groups (broad SMARTS) is 1. The number of halogens is 1. The zero-order chi connectivity index (χ0) is 62.9. The van der Waals surface area contributed by atoms with Gasteiger partial charge in [0.15, 0.2) is 23.1 Å². The number of Topliss-reactive ketones (excluding diaryl/α,β-unsaturated/α-hetero) is 1. The molecule has 4 aromatic carbocycles. The Morgan fingerprint density at radius 1 is 0.511 bits per heavy atom. The number of carboxylic acids is 1. The van der Waals surface area contributed by atoms with Crippen LogP contribution in [0.4, 0.5) is 0 Å². The Kier molecular flexibility index (Phi) is 27.6. The van der Waals surface area contributed by atoms with E-state index in [1.165, 1.54) is 32.3 Å². The average Bonchev–Trinajstić information content (AvgIpc) is 1.35. The maximum absolute atomic E-state index is 11.0. The number of azide groups is 1. The molecule has 4 saturated carbocycles. The summed E-state index contributed by atoms with van der Waals surface area (Å²) in [5.74, 6) is 0.0510. The first kappa shape index (κ1) is 73.2. The number of nitrogens with two attached hydrogens (primary N) is 1. The Labute approximate surface area is 551 Å². The van der Waals surface area contributed by atoms with E-state index in [9.17, 15) is 9.90 Å². The number of aliphatic hydroxyl groups is 1. The Balaban J connectivity index is 0.000000241. The van der Waals surface area contributed by atoms with Gasteiger partial charge in [-0.15, -0.1) is 0 Å². The third kappa shape index (κ3) is 20.1. The van der Waals surface area contributed by atoms with Gasteiger partial charge in [0.05, 0.1) is 64.0 Å². The van der Waals surface area contributed by atoms with Crippen LogP contribution < -0.4 is 5.73 Å². The third-order valence-corrected chi connectivity index (χ3v) is 19.0. The van der Waals surface area contributed by atoms with Crippen molar-refractivity contribution in [2.24, 2.45) is 10.8 Å². The first-order valence-electron chi connectivity index (χ1n) is 31.9. The van der Waals surface area contributed by atoms with Crippen LogP contribution in [0.15, 0.2) is 107 Å². The van der Waals surface area contributed by atoms with Gasteiger partial charge < -0.3 is 56.7 Å². The molecule has 12 rings (SSSR count). The molecule has 482 valence electrons. The predicted octanol–water partition coefficient (Wildman–Crippen LogP) is 15.6. The summed E-state index contributed by atoms with van der Waals surface area (Å²) in [6.45, 7) is 24.1. The number of carbonyl (C=O) groups excluding carboxylic acids is 1. The first-order chi connectivity index (χ1) is 41.4. The molecule has 0 aromatic heterocycles. The summed E-state index contributed by atoms with van der Waals surface area (Å²) >= 11 is 3.43. The smallest absolute Gasteiger partial charge is 1.00 e. The van der Waals surface area contributed by atoms with E-state index in [1.54, 1.807) is 0 Å². The maximum Gasteiger partial charge on any atom is 2.00 e. The average molecular weight is 1290 g/mol. The summed E-state index contributed by atoms with van der Waals surface area (Å²) < 4.78 is 46.7. The van der Waals surface area contributed by atoms with E-state index in [0.717, 1.165) is 108 Å². The van der Waals surface area contributed by atoms with Crippen molar-refractivity contribution < 1.29 is 60.6 Å². The van der Waals surface area contributed by atoms with Gasteiger partial charge in [-0.1, -0.05) is 161 Å². The molecule has 4 aliphatic carbocycles. The van der Waals surface area contributed by atoms with Gasteiger partial charge in [0.25, 0.3) is 5.97 Å². The molecule has 0 atom stereocenters. The molecule has 4 aliphatic heterocycles. The van der Waals surface area contributed by atoms with Crippen molar-refractivity contribution >= 4 is 50.7 Å². The summed E-state index contributed by atoms with van der Waals surface area (Å²) in [4.78, 5) is 23.0. The standard InChI is InChI=1S/C17H23N3O2.C17H25NO2.C17H24O3.C9H11Br.C8H12O3.C2H4O2.Mg.2H/c1-13(2)14-4-3-5-15(12-14)16(19-20-18)6-8-17(9-7-16)21-10-11-22-17;2*1-13(2)14-4-3-5-15(12-14)16(18)6-8-17(9-7-16)19-10-11-20-17;1-7(2)8-4-3-5-9(10)6-8;9-7-1-3-8(4-2-7)10-5-6-11-8;1-2(3)4;;;/h3-5,12-13H,6-11H2,1-2H3;3-5,12-13H,6-11,18H2,1-2H3;3-5,12-13,18H,6-11H2,1-2H3;3-7H,1-2H3;1-6H2;1H3,(H,3,4);;;/q;;;;;;+2;2*-1. The van der Waals surface area contributed by atoms with E-state index in [4.69, 9.17) is 59.1 Å². The number of hydrogen-bond acceptors (Lipinski definition) is 13. The van der Waals surface area contributed by atoms with E-state index >= 15 is 0 Å². The molecule has 4 saturated heterocycles. The van der Waals surface area contributed by atoms with Crippen LogP contribution in [0, 0.1) is 0 Å². The minimum atomic E-state index is -0.833. The number of aliphatic carboxylic acids is 1. The van der Waals surface area contributed by atoms with Crippen LogP contribution in [0.25, 0.3) is 10.4 Å². The molecule has 18 heteroatoms. The van der Waals surface area contributed by atoms with Crippen LogP contribution in [-0.2, 0) is 64.2 Å². The zero-order valence-corrected chi connectivity index (χ0v) is 57.0. The van der Waals surface area contributed by atoms with E-state index in [2.05, 4.69) is 166 Å². The number of ketones is 1. The van der Waals surface area contributed by atoms with Gasteiger partial charge in [-0.25, -0.2) is 0 Å². The fourth-order valence-corrected chi connectivity index (χ4v) is 13.2. The molecule has 0 bridgehead atoms. The van der Waals surface area contributed by atoms with E-state index in [-0.39, 0.29) is 43.0 Å². The fraction of sp³-hybridized carbons (Fsp3) is 0.629. The largest absolute Gasteiger partial charge is 2.00 e. The van der Waals surface area contributed by atoms with Gasteiger partial charge in [-0.3, -0.25) is 9.59 Å². The van der Waals surface area contributed by atoms with Gasteiger partial charge in [-0.2, -0.15) is 0 Å². The normalized spacial score (nSPS) is 24.1. The quantitative estimate of drug-likeness (QED) is 0.0647. The molecule has 4 N–H and O–H groups in total.